The Hall–Kier alpha value is -0.610. The Morgan fingerprint density at radius 1 is 1.57 bits per heavy atom. The second-order valence-electron chi connectivity index (χ2n) is 4.52. The van der Waals surface area contributed by atoms with Crippen LogP contribution in [0.4, 0.5) is 5.13 Å². The summed E-state index contributed by atoms with van der Waals surface area (Å²) >= 11 is 1.71. The molecule has 0 unspecified atom stereocenters. The Labute approximate surface area is 88.9 Å². The smallest absolute Gasteiger partial charge is 0.185 e. The van der Waals surface area contributed by atoms with E-state index in [1.54, 1.807) is 11.3 Å². The fourth-order valence-electron chi connectivity index (χ4n) is 1.65. The molecule has 0 aromatic carbocycles. The predicted octanol–water partition coefficient (Wildman–Crippen LogP) is 1.63. The predicted molar refractivity (Wildman–Crippen MR) is 60.8 cm³/mol. The molecule has 3 nitrogen and oxygen atoms in total. The second-order valence-corrected chi connectivity index (χ2v) is 5.35. The number of aryl methyl sites for hydroxylation is 1. The van der Waals surface area contributed by atoms with Gasteiger partial charge in [-0.15, -0.1) is 11.3 Å². The Balaban J connectivity index is 2.01. The van der Waals surface area contributed by atoms with Crippen molar-refractivity contribution in [3.05, 3.63) is 11.1 Å². The minimum Gasteiger partial charge on any atom is -0.344 e. The molecule has 2 N–H and O–H groups in total. The number of anilines is 1. The number of hydrogen-bond acceptors (Lipinski definition) is 4. The highest BCUT2D eigenvalue weighted by Crippen LogP contribution is 2.32. The van der Waals surface area contributed by atoms with Gasteiger partial charge in [-0.05, 0) is 12.8 Å². The zero-order valence-electron chi connectivity index (χ0n) is 8.95. The fourth-order valence-corrected chi connectivity index (χ4v) is 2.46. The standard InChI is InChI=1S/C10H17N3S/c1-7(2)10(11)5-13(6-10)9-12-8(3)4-14-9/h4,7H,5-6,11H2,1-3H3. The van der Waals surface area contributed by atoms with Crippen LogP contribution in [-0.2, 0) is 0 Å². The normalized spacial score (nSPS) is 19.9. The molecular formula is C10H17N3S. The highest BCUT2D eigenvalue weighted by atomic mass is 32.1. The van der Waals surface area contributed by atoms with Crippen molar-refractivity contribution >= 4 is 16.5 Å². The molecule has 1 aromatic rings. The van der Waals surface area contributed by atoms with Gasteiger partial charge in [0.05, 0.1) is 11.2 Å². The molecule has 2 heterocycles. The van der Waals surface area contributed by atoms with Gasteiger partial charge < -0.3 is 10.6 Å². The maximum Gasteiger partial charge on any atom is 0.185 e. The third-order valence-electron chi connectivity index (χ3n) is 3.00. The van der Waals surface area contributed by atoms with E-state index in [-0.39, 0.29) is 5.54 Å². The first-order valence-corrected chi connectivity index (χ1v) is 5.85. The largest absolute Gasteiger partial charge is 0.344 e. The highest BCUT2D eigenvalue weighted by Gasteiger charge is 2.42. The van der Waals surface area contributed by atoms with Crippen molar-refractivity contribution in [2.45, 2.75) is 26.3 Å². The van der Waals surface area contributed by atoms with E-state index < -0.39 is 0 Å². The summed E-state index contributed by atoms with van der Waals surface area (Å²) < 4.78 is 0. The Kier molecular flexibility index (Phi) is 2.27. The van der Waals surface area contributed by atoms with E-state index >= 15 is 0 Å². The molecule has 14 heavy (non-hydrogen) atoms. The van der Waals surface area contributed by atoms with Crippen LogP contribution >= 0.6 is 11.3 Å². The molecule has 0 spiro atoms. The average Bonchev–Trinajstić information content (AvgIpc) is 2.45. The number of nitrogens with zero attached hydrogens (tertiary/aromatic N) is 2. The molecule has 0 amide bonds. The summed E-state index contributed by atoms with van der Waals surface area (Å²) in [6.07, 6.45) is 0. The zero-order valence-corrected chi connectivity index (χ0v) is 9.77. The Morgan fingerprint density at radius 3 is 2.64 bits per heavy atom. The van der Waals surface area contributed by atoms with Crippen LogP contribution in [0.5, 0.6) is 0 Å². The van der Waals surface area contributed by atoms with E-state index in [4.69, 9.17) is 5.73 Å². The van der Waals surface area contributed by atoms with Gasteiger partial charge in [0, 0.05) is 18.5 Å². The lowest BCUT2D eigenvalue weighted by Gasteiger charge is -2.50. The van der Waals surface area contributed by atoms with Crippen molar-refractivity contribution in [2.24, 2.45) is 11.7 Å². The minimum atomic E-state index is -0.000422. The maximum absolute atomic E-state index is 6.22. The first-order chi connectivity index (χ1) is 6.51. The molecule has 2 rings (SSSR count). The summed E-state index contributed by atoms with van der Waals surface area (Å²) in [7, 11) is 0. The van der Waals surface area contributed by atoms with Crippen LogP contribution in [0.25, 0.3) is 0 Å². The number of hydrogen-bond donors (Lipinski definition) is 1. The van der Waals surface area contributed by atoms with E-state index in [1.165, 1.54) is 0 Å². The molecule has 0 bridgehead atoms. The first-order valence-electron chi connectivity index (χ1n) is 4.97. The van der Waals surface area contributed by atoms with Crippen molar-refractivity contribution in [1.82, 2.24) is 4.98 Å². The molecule has 1 aromatic heterocycles. The van der Waals surface area contributed by atoms with Gasteiger partial charge in [-0.25, -0.2) is 4.98 Å². The van der Waals surface area contributed by atoms with Gasteiger partial charge in [-0.1, -0.05) is 13.8 Å². The average molecular weight is 211 g/mol. The number of rotatable bonds is 2. The van der Waals surface area contributed by atoms with Gasteiger partial charge in [0.25, 0.3) is 0 Å². The van der Waals surface area contributed by atoms with Crippen molar-refractivity contribution in [2.75, 3.05) is 18.0 Å². The van der Waals surface area contributed by atoms with Crippen LogP contribution in [0.15, 0.2) is 5.38 Å². The van der Waals surface area contributed by atoms with Crippen LogP contribution in [-0.4, -0.2) is 23.6 Å². The minimum absolute atomic E-state index is 0.000422. The van der Waals surface area contributed by atoms with Crippen LogP contribution in [0, 0.1) is 12.8 Å². The van der Waals surface area contributed by atoms with Crippen molar-refractivity contribution in [3.8, 4) is 0 Å². The molecule has 0 atom stereocenters. The molecule has 1 saturated heterocycles. The van der Waals surface area contributed by atoms with Crippen molar-refractivity contribution in [3.63, 3.8) is 0 Å². The SMILES string of the molecule is Cc1csc(N2CC(N)(C(C)C)C2)n1. The lowest BCUT2D eigenvalue weighted by Crippen LogP contribution is -2.70. The highest BCUT2D eigenvalue weighted by molar-refractivity contribution is 7.13. The zero-order chi connectivity index (χ0) is 10.3. The van der Waals surface area contributed by atoms with E-state index in [0.29, 0.717) is 5.92 Å². The van der Waals surface area contributed by atoms with Crippen LogP contribution in [0.2, 0.25) is 0 Å². The van der Waals surface area contributed by atoms with Crippen LogP contribution in [0.3, 0.4) is 0 Å². The summed E-state index contributed by atoms with van der Waals surface area (Å²) in [4.78, 5) is 6.71. The molecule has 1 aliphatic rings. The van der Waals surface area contributed by atoms with E-state index in [9.17, 15) is 0 Å². The molecule has 4 heteroatoms. The van der Waals surface area contributed by atoms with Gasteiger partial charge in [0.1, 0.15) is 0 Å². The summed E-state index contributed by atoms with van der Waals surface area (Å²) in [5, 5.41) is 3.20. The third-order valence-corrected chi connectivity index (χ3v) is 4.02. The van der Waals surface area contributed by atoms with E-state index in [1.807, 2.05) is 6.92 Å². The molecule has 78 valence electrons. The molecule has 0 saturated carbocycles. The number of nitrogens with two attached hydrogens (primary N) is 1. The number of aromatic nitrogens is 1. The molecule has 0 aliphatic carbocycles. The van der Waals surface area contributed by atoms with Gasteiger partial charge in [0.15, 0.2) is 5.13 Å². The van der Waals surface area contributed by atoms with Gasteiger partial charge >= 0.3 is 0 Å². The Bertz CT molecular complexity index is 326. The van der Waals surface area contributed by atoms with Crippen LogP contribution < -0.4 is 10.6 Å². The quantitative estimate of drug-likeness (QED) is 0.808. The van der Waals surface area contributed by atoms with E-state index in [0.717, 1.165) is 23.9 Å². The lowest BCUT2D eigenvalue weighted by molar-refractivity contribution is 0.245. The summed E-state index contributed by atoms with van der Waals surface area (Å²) in [6, 6.07) is 0. The molecule has 1 fully saturated rings. The van der Waals surface area contributed by atoms with Gasteiger partial charge in [0.2, 0.25) is 0 Å². The molecule has 0 radical (unpaired) electrons. The van der Waals surface area contributed by atoms with Gasteiger partial charge in [-0.2, -0.15) is 0 Å². The van der Waals surface area contributed by atoms with E-state index in [2.05, 4.69) is 29.1 Å². The molecule has 1 aliphatic heterocycles. The molecular weight excluding hydrogens is 194 g/mol. The topological polar surface area (TPSA) is 42.1 Å². The van der Waals surface area contributed by atoms with Gasteiger partial charge in [-0.3, -0.25) is 0 Å². The monoisotopic (exact) mass is 211 g/mol. The maximum atomic E-state index is 6.22. The summed E-state index contributed by atoms with van der Waals surface area (Å²) in [5.74, 6) is 0.541. The fraction of sp³-hybridized carbons (Fsp3) is 0.700. The number of thiazole rings is 1. The Morgan fingerprint density at radius 2 is 2.21 bits per heavy atom. The second kappa shape index (κ2) is 3.21. The first kappa shape index (κ1) is 9.93. The summed E-state index contributed by atoms with van der Waals surface area (Å²) in [5.41, 5.74) is 7.32. The third kappa shape index (κ3) is 1.53. The van der Waals surface area contributed by atoms with Crippen molar-refractivity contribution < 1.29 is 0 Å². The van der Waals surface area contributed by atoms with Crippen LogP contribution in [0.1, 0.15) is 19.5 Å². The summed E-state index contributed by atoms with van der Waals surface area (Å²) in [6.45, 7) is 8.28. The lowest BCUT2D eigenvalue weighted by atomic mass is 9.81. The van der Waals surface area contributed by atoms with Crippen molar-refractivity contribution in [1.29, 1.82) is 0 Å².